The van der Waals surface area contributed by atoms with Gasteiger partial charge in [-0.2, -0.15) is 0 Å². The van der Waals surface area contributed by atoms with Crippen LogP contribution < -0.4 is 0 Å². The van der Waals surface area contributed by atoms with E-state index >= 15 is 0 Å². The molecule has 6 heteroatoms. The Labute approximate surface area is 158 Å². The van der Waals surface area contributed by atoms with E-state index in [4.69, 9.17) is 2.74 Å². The van der Waals surface area contributed by atoms with Crippen LogP contribution in [0.5, 0.6) is 0 Å². The number of rotatable bonds is 5. The molecule has 0 aliphatic carbocycles. The van der Waals surface area contributed by atoms with Gasteiger partial charge in [0.1, 0.15) is 11.6 Å². The van der Waals surface area contributed by atoms with Gasteiger partial charge in [0.2, 0.25) is 0 Å². The van der Waals surface area contributed by atoms with Gasteiger partial charge in [0.05, 0.1) is 29.4 Å². The average Bonchev–Trinajstić information content (AvgIpc) is 3.13. The number of Topliss-reactive ketones (excluding diaryl/α,β-unsaturated/α-hetero) is 1. The number of fused-ring (bicyclic) bond motifs is 1. The van der Waals surface area contributed by atoms with Gasteiger partial charge in [-0.15, -0.1) is 0 Å². The quantitative estimate of drug-likeness (QED) is 0.545. The second-order valence-corrected chi connectivity index (χ2v) is 6.19. The Bertz CT molecular complexity index is 1210. The predicted octanol–water partition coefficient (Wildman–Crippen LogP) is 3.52. The van der Waals surface area contributed by atoms with E-state index in [0.29, 0.717) is 11.2 Å². The summed E-state index contributed by atoms with van der Waals surface area (Å²) in [6.45, 7) is 0. The molecule has 0 aliphatic heterocycles. The van der Waals surface area contributed by atoms with Gasteiger partial charge in [0, 0.05) is 39.9 Å². The third kappa shape index (κ3) is 3.74. The van der Waals surface area contributed by atoms with Crippen LogP contribution in [0.1, 0.15) is 14.0 Å². The van der Waals surface area contributed by atoms with Crippen molar-refractivity contribution in [1.29, 1.82) is 0 Å². The molecule has 0 radical (unpaired) electrons. The van der Waals surface area contributed by atoms with Crippen LogP contribution in [0.4, 0.5) is 4.39 Å². The molecule has 134 valence electrons. The Hall–Kier alpha value is -3.41. The number of imidazole rings is 1. The number of aromatic nitrogens is 4. The zero-order chi connectivity index (χ0) is 20.6. The van der Waals surface area contributed by atoms with E-state index in [9.17, 15) is 9.18 Å². The SMILES string of the molecule is [2H]C([2H])(C(=O)Cc1cc2nc(-c3cncn3C)ccc2cn1)c1ccc(F)cc1. The zero-order valence-corrected chi connectivity index (χ0v) is 14.6. The molecular weight excluding hydrogens is 343 g/mol. The van der Waals surface area contributed by atoms with Crippen LogP contribution in [-0.4, -0.2) is 25.3 Å². The van der Waals surface area contributed by atoms with Crippen molar-refractivity contribution in [2.75, 3.05) is 0 Å². The summed E-state index contributed by atoms with van der Waals surface area (Å²) in [5.41, 5.74) is 2.78. The third-order valence-corrected chi connectivity index (χ3v) is 4.18. The Morgan fingerprint density at radius 2 is 2.00 bits per heavy atom. The van der Waals surface area contributed by atoms with Gasteiger partial charge < -0.3 is 4.57 Å². The highest BCUT2D eigenvalue weighted by molar-refractivity contribution is 5.85. The highest BCUT2D eigenvalue weighted by Gasteiger charge is 2.10. The van der Waals surface area contributed by atoms with E-state index in [1.807, 2.05) is 23.7 Å². The lowest BCUT2D eigenvalue weighted by Crippen LogP contribution is -2.08. The number of benzene rings is 1. The van der Waals surface area contributed by atoms with Crippen LogP contribution in [-0.2, 0) is 24.6 Å². The fraction of sp³-hybridized carbons (Fsp3) is 0.143. The molecule has 1 aromatic carbocycles. The summed E-state index contributed by atoms with van der Waals surface area (Å²) in [7, 11) is 1.88. The number of nitrogens with zero attached hydrogens (tertiary/aromatic N) is 4. The van der Waals surface area contributed by atoms with Crippen molar-refractivity contribution in [3.05, 3.63) is 78.3 Å². The second kappa shape index (κ2) is 7.07. The first kappa shape index (κ1) is 14.7. The van der Waals surface area contributed by atoms with Crippen LogP contribution in [0, 0.1) is 5.82 Å². The van der Waals surface area contributed by atoms with Crippen molar-refractivity contribution in [2.45, 2.75) is 12.8 Å². The van der Waals surface area contributed by atoms with Gasteiger partial charge in [-0.25, -0.2) is 14.4 Å². The maximum atomic E-state index is 13.1. The fourth-order valence-corrected chi connectivity index (χ4v) is 2.80. The predicted molar refractivity (Wildman–Crippen MR) is 101 cm³/mol. The number of hydrogen-bond donors (Lipinski definition) is 0. The number of ketones is 1. The highest BCUT2D eigenvalue weighted by atomic mass is 19.1. The number of halogens is 1. The summed E-state index contributed by atoms with van der Waals surface area (Å²) in [6, 6.07) is 10.3. The van der Waals surface area contributed by atoms with Gasteiger partial charge in [0.15, 0.2) is 0 Å². The maximum Gasteiger partial charge on any atom is 0.143 e. The van der Waals surface area contributed by atoms with Crippen LogP contribution in [0.25, 0.3) is 22.3 Å². The minimum absolute atomic E-state index is 0.112. The van der Waals surface area contributed by atoms with E-state index in [-0.39, 0.29) is 12.0 Å². The number of aryl methyl sites for hydroxylation is 1. The summed E-state index contributed by atoms with van der Waals surface area (Å²) in [4.78, 5) is 25.6. The van der Waals surface area contributed by atoms with Crippen molar-refractivity contribution < 1.29 is 11.9 Å². The maximum absolute atomic E-state index is 13.1. The molecule has 3 heterocycles. The first-order valence-corrected chi connectivity index (χ1v) is 8.36. The molecule has 4 aromatic rings. The van der Waals surface area contributed by atoms with E-state index in [2.05, 4.69) is 15.0 Å². The molecule has 3 aromatic heterocycles. The molecule has 0 atom stereocenters. The molecule has 0 bridgehead atoms. The Kier molecular flexibility index (Phi) is 3.86. The normalized spacial score (nSPS) is 12.7. The molecule has 0 spiro atoms. The molecular formula is C21H17FN4O. The molecule has 27 heavy (non-hydrogen) atoms. The molecule has 0 unspecified atom stereocenters. The van der Waals surface area contributed by atoms with Crippen molar-refractivity contribution in [2.24, 2.45) is 7.05 Å². The average molecular weight is 362 g/mol. The largest absolute Gasteiger partial charge is 0.332 e. The molecule has 5 nitrogen and oxygen atoms in total. The molecule has 0 saturated heterocycles. The monoisotopic (exact) mass is 362 g/mol. The lowest BCUT2D eigenvalue weighted by Gasteiger charge is -2.06. The van der Waals surface area contributed by atoms with Gasteiger partial charge >= 0.3 is 0 Å². The number of pyridine rings is 2. The molecule has 0 aliphatic rings. The van der Waals surface area contributed by atoms with E-state index in [0.717, 1.165) is 28.9 Å². The highest BCUT2D eigenvalue weighted by Crippen LogP contribution is 2.20. The topological polar surface area (TPSA) is 60.7 Å². The summed E-state index contributed by atoms with van der Waals surface area (Å²) in [5, 5.41) is 0.814. The van der Waals surface area contributed by atoms with Crippen LogP contribution in [0.3, 0.4) is 0 Å². The lowest BCUT2D eigenvalue weighted by atomic mass is 10.0. The first-order chi connectivity index (χ1) is 13.8. The fourth-order valence-electron chi connectivity index (χ4n) is 2.80. The van der Waals surface area contributed by atoms with E-state index < -0.39 is 18.0 Å². The third-order valence-electron chi connectivity index (χ3n) is 4.18. The molecule has 4 rings (SSSR count). The Balaban J connectivity index is 1.63. The Morgan fingerprint density at radius 1 is 1.19 bits per heavy atom. The van der Waals surface area contributed by atoms with Crippen LogP contribution >= 0.6 is 0 Å². The van der Waals surface area contributed by atoms with E-state index in [1.54, 1.807) is 24.8 Å². The van der Waals surface area contributed by atoms with Gasteiger partial charge in [0.25, 0.3) is 0 Å². The van der Waals surface area contributed by atoms with Gasteiger partial charge in [-0.05, 0) is 35.9 Å². The lowest BCUT2D eigenvalue weighted by molar-refractivity contribution is -0.117. The van der Waals surface area contributed by atoms with Crippen molar-refractivity contribution in [3.63, 3.8) is 0 Å². The van der Waals surface area contributed by atoms with Gasteiger partial charge in [-0.1, -0.05) is 12.1 Å². The number of carbonyl (C=O) groups is 1. The van der Waals surface area contributed by atoms with Crippen molar-refractivity contribution >= 4 is 16.7 Å². The van der Waals surface area contributed by atoms with Crippen molar-refractivity contribution in [1.82, 2.24) is 19.5 Å². The minimum atomic E-state index is -2.24. The standard InChI is InChI=1S/C21H17FN4O/c1-26-13-23-12-21(26)19-7-4-15-11-24-17(10-20(15)25-19)9-18(27)8-14-2-5-16(22)6-3-14/h2-7,10-13H,8-9H2,1H3/i8D2. The second-order valence-electron chi connectivity index (χ2n) is 6.19. The summed E-state index contributed by atoms with van der Waals surface area (Å²) in [5.74, 6) is -1.14. The Morgan fingerprint density at radius 3 is 2.74 bits per heavy atom. The molecule has 0 saturated carbocycles. The smallest absolute Gasteiger partial charge is 0.143 e. The van der Waals surface area contributed by atoms with E-state index in [1.165, 1.54) is 12.1 Å². The minimum Gasteiger partial charge on any atom is -0.332 e. The van der Waals surface area contributed by atoms with Gasteiger partial charge in [-0.3, -0.25) is 9.78 Å². The molecule has 0 amide bonds. The molecule has 0 fully saturated rings. The van der Waals surface area contributed by atoms with Crippen molar-refractivity contribution in [3.8, 4) is 11.4 Å². The van der Waals surface area contributed by atoms with Crippen LogP contribution in [0.2, 0.25) is 0 Å². The number of hydrogen-bond acceptors (Lipinski definition) is 4. The first-order valence-electron chi connectivity index (χ1n) is 9.36. The summed E-state index contributed by atoms with van der Waals surface area (Å²) in [6.07, 6.45) is 2.59. The number of carbonyl (C=O) groups excluding carboxylic acids is 1. The van der Waals surface area contributed by atoms with Crippen LogP contribution in [0.15, 0.2) is 61.2 Å². The zero-order valence-electron chi connectivity index (χ0n) is 16.6. The summed E-state index contributed by atoms with van der Waals surface area (Å²) < 4.78 is 31.3. The summed E-state index contributed by atoms with van der Waals surface area (Å²) >= 11 is 0. The molecule has 0 N–H and O–H groups in total.